The lowest BCUT2D eigenvalue weighted by atomic mass is 10.1. The molecule has 0 aliphatic carbocycles. The minimum atomic E-state index is -0.310. The van der Waals surface area contributed by atoms with E-state index < -0.39 is 0 Å². The summed E-state index contributed by atoms with van der Waals surface area (Å²) >= 11 is 0. The third-order valence-electron chi connectivity index (χ3n) is 3.77. The van der Waals surface area contributed by atoms with Gasteiger partial charge in [-0.15, -0.1) is 0 Å². The first-order chi connectivity index (χ1) is 10.6. The minimum Gasteiger partial charge on any atom is -0.366 e. The molecule has 1 atom stereocenters. The number of hydrogen-bond acceptors (Lipinski definition) is 6. The lowest BCUT2D eigenvalue weighted by Gasteiger charge is -2.31. The fourth-order valence-corrected chi connectivity index (χ4v) is 2.55. The van der Waals surface area contributed by atoms with E-state index in [-0.39, 0.29) is 12.0 Å². The first kappa shape index (κ1) is 14.7. The number of ether oxygens (including phenoxy) is 1. The molecule has 1 fully saturated rings. The summed E-state index contributed by atoms with van der Waals surface area (Å²) in [5.41, 5.74) is 1.14. The van der Waals surface area contributed by atoms with Crippen LogP contribution < -0.4 is 0 Å². The highest BCUT2D eigenvalue weighted by Gasteiger charge is 2.31. The SMILES string of the molecule is CCc1nc([C@H]2CN(C(=O)c3c(C)noc3C)CCO2)n[nH]1. The van der Waals surface area contributed by atoms with Crippen molar-refractivity contribution in [3.8, 4) is 0 Å². The van der Waals surface area contributed by atoms with Crippen molar-refractivity contribution in [2.75, 3.05) is 19.7 Å². The zero-order valence-electron chi connectivity index (χ0n) is 12.9. The average Bonchev–Trinajstić information content (AvgIpc) is 3.14. The monoisotopic (exact) mass is 305 g/mol. The van der Waals surface area contributed by atoms with E-state index in [1.165, 1.54) is 0 Å². The molecule has 0 unspecified atom stereocenters. The van der Waals surface area contributed by atoms with Gasteiger partial charge >= 0.3 is 0 Å². The third-order valence-corrected chi connectivity index (χ3v) is 3.77. The number of rotatable bonds is 3. The summed E-state index contributed by atoms with van der Waals surface area (Å²) in [4.78, 5) is 18.8. The predicted octanol–water partition coefficient (Wildman–Crippen LogP) is 1.19. The Morgan fingerprint density at radius 1 is 1.45 bits per heavy atom. The fourth-order valence-electron chi connectivity index (χ4n) is 2.55. The predicted molar refractivity (Wildman–Crippen MR) is 76.3 cm³/mol. The normalized spacial score (nSPS) is 18.7. The van der Waals surface area contributed by atoms with Gasteiger partial charge in [0.25, 0.3) is 5.91 Å². The molecule has 1 saturated heterocycles. The van der Waals surface area contributed by atoms with Gasteiger partial charge in [-0.05, 0) is 13.8 Å². The summed E-state index contributed by atoms with van der Waals surface area (Å²) in [5, 5.41) is 10.9. The van der Waals surface area contributed by atoms with Crippen LogP contribution in [0.3, 0.4) is 0 Å². The molecule has 1 aliphatic rings. The lowest BCUT2D eigenvalue weighted by molar-refractivity contribution is -0.0267. The molecule has 0 radical (unpaired) electrons. The van der Waals surface area contributed by atoms with Gasteiger partial charge in [0.1, 0.15) is 23.3 Å². The number of amides is 1. The van der Waals surface area contributed by atoms with Crippen molar-refractivity contribution in [3.05, 3.63) is 28.7 Å². The first-order valence-corrected chi connectivity index (χ1v) is 7.35. The fraction of sp³-hybridized carbons (Fsp3) is 0.571. The maximum Gasteiger partial charge on any atom is 0.259 e. The van der Waals surface area contributed by atoms with E-state index in [4.69, 9.17) is 9.26 Å². The van der Waals surface area contributed by atoms with Crippen molar-refractivity contribution in [1.82, 2.24) is 25.2 Å². The molecule has 1 aliphatic heterocycles. The van der Waals surface area contributed by atoms with Gasteiger partial charge in [0, 0.05) is 13.0 Å². The van der Waals surface area contributed by atoms with E-state index in [9.17, 15) is 4.79 Å². The van der Waals surface area contributed by atoms with Crippen LogP contribution in [0.2, 0.25) is 0 Å². The number of carbonyl (C=O) groups excluding carboxylic acids is 1. The first-order valence-electron chi connectivity index (χ1n) is 7.35. The van der Waals surface area contributed by atoms with Crippen LogP contribution in [0, 0.1) is 13.8 Å². The molecule has 0 saturated carbocycles. The van der Waals surface area contributed by atoms with Crippen molar-refractivity contribution in [3.63, 3.8) is 0 Å². The zero-order valence-corrected chi connectivity index (χ0v) is 12.9. The van der Waals surface area contributed by atoms with E-state index in [2.05, 4.69) is 20.3 Å². The van der Waals surface area contributed by atoms with Crippen LogP contribution in [-0.4, -0.2) is 50.8 Å². The van der Waals surface area contributed by atoms with Crippen LogP contribution >= 0.6 is 0 Å². The lowest BCUT2D eigenvalue weighted by Crippen LogP contribution is -2.42. The molecule has 0 spiro atoms. The highest BCUT2D eigenvalue weighted by Crippen LogP contribution is 2.22. The van der Waals surface area contributed by atoms with E-state index in [0.29, 0.717) is 42.5 Å². The molecular weight excluding hydrogens is 286 g/mol. The molecule has 8 heteroatoms. The summed E-state index contributed by atoms with van der Waals surface area (Å²) < 4.78 is 10.8. The minimum absolute atomic E-state index is 0.0872. The van der Waals surface area contributed by atoms with Gasteiger partial charge in [0.15, 0.2) is 5.82 Å². The Morgan fingerprint density at radius 3 is 2.91 bits per heavy atom. The number of H-pyrrole nitrogens is 1. The quantitative estimate of drug-likeness (QED) is 0.914. The van der Waals surface area contributed by atoms with Crippen LogP contribution in [0.15, 0.2) is 4.52 Å². The second-order valence-corrected chi connectivity index (χ2v) is 5.30. The van der Waals surface area contributed by atoms with Crippen molar-refractivity contribution >= 4 is 5.91 Å². The van der Waals surface area contributed by atoms with Gasteiger partial charge in [-0.1, -0.05) is 12.1 Å². The zero-order chi connectivity index (χ0) is 15.7. The van der Waals surface area contributed by atoms with E-state index >= 15 is 0 Å². The largest absolute Gasteiger partial charge is 0.366 e. The summed E-state index contributed by atoms with van der Waals surface area (Å²) in [6, 6.07) is 0. The van der Waals surface area contributed by atoms with E-state index in [1.54, 1.807) is 18.7 Å². The van der Waals surface area contributed by atoms with Crippen LogP contribution in [-0.2, 0) is 11.2 Å². The molecule has 0 aromatic carbocycles. The molecule has 8 nitrogen and oxygen atoms in total. The molecule has 22 heavy (non-hydrogen) atoms. The van der Waals surface area contributed by atoms with Crippen molar-refractivity contribution < 1.29 is 14.1 Å². The Balaban J connectivity index is 1.77. The molecule has 2 aromatic rings. The second-order valence-electron chi connectivity index (χ2n) is 5.30. The van der Waals surface area contributed by atoms with Crippen LogP contribution in [0.4, 0.5) is 0 Å². The van der Waals surface area contributed by atoms with Gasteiger partial charge in [-0.25, -0.2) is 4.98 Å². The topological polar surface area (TPSA) is 97.1 Å². The maximum absolute atomic E-state index is 12.7. The molecular formula is C14H19N5O3. The highest BCUT2D eigenvalue weighted by atomic mass is 16.5. The smallest absolute Gasteiger partial charge is 0.259 e. The summed E-state index contributed by atoms with van der Waals surface area (Å²) in [6.07, 6.45) is 0.469. The number of carbonyl (C=O) groups is 1. The maximum atomic E-state index is 12.7. The summed E-state index contributed by atoms with van der Waals surface area (Å²) in [5.74, 6) is 1.85. The highest BCUT2D eigenvalue weighted by molar-refractivity contribution is 5.96. The van der Waals surface area contributed by atoms with Gasteiger partial charge < -0.3 is 14.2 Å². The van der Waals surface area contributed by atoms with Crippen molar-refractivity contribution in [2.45, 2.75) is 33.3 Å². The molecule has 2 aromatic heterocycles. The van der Waals surface area contributed by atoms with Crippen LogP contribution in [0.25, 0.3) is 0 Å². The number of hydrogen-bond donors (Lipinski definition) is 1. The number of morpholine rings is 1. The molecule has 3 rings (SSSR count). The van der Waals surface area contributed by atoms with Gasteiger partial charge in [-0.3, -0.25) is 9.89 Å². The number of aromatic nitrogens is 4. The van der Waals surface area contributed by atoms with Gasteiger partial charge in [0.2, 0.25) is 0 Å². The number of aryl methyl sites for hydroxylation is 3. The van der Waals surface area contributed by atoms with Gasteiger partial charge in [0.05, 0.1) is 18.8 Å². The molecule has 1 N–H and O–H groups in total. The third kappa shape index (κ3) is 2.61. The number of nitrogens with zero attached hydrogens (tertiary/aromatic N) is 4. The van der Waals surface area contributed by atoms with Gasteiger partial charge in [-0.2, -0.15) is 5.10 Å². The van der Waals surface area contributed by atoms with Crippen molar-refractivity contribution in [1.29, 1.82) is 0 Å². The molecule has 3 heterocycles. The summed E-state index contributed by atoms with van der Waals surface area (Å²) in [7, 11) is 0. The van der Waals surface area contributed by atoms with Crippen LogP contribution in [0.1, 0.15) is 46.5 Å². The Hall–Kier alpha value is -2.22. The Kier molecular flexibility index (Phi) is 3.93. The average molecular weight is 305 g/mol. The second kappa shape index (κ2) is 5.88. The van der Waals surface area contributed by atoms with Crippen LogP contribution in [0.5, 0.6) is 0 Å². The Bertz CT molecular complexity index is 658. The molecule has 118 valence electrons. The Morgan fingerprint density at radius 2 is 2.27 bits per heavy atom. The Labute approximate surface area is 127 Å². The standard InChI is InChI=1S/C14H19N5O3/c1-4-11-15-13(17-16-11)10-7-19(5-6-21-10)14(20)12-8(2)18-22-9(12)3/h10H,4-7H2,1-3H3,(H,15,16,17)/t10-/m1/s1. The van der Waals surface area contributed by atoms with E-state index in [0.717, 1.165) is 12.2 Å². The molecule has 1 amide bonds. The summed E-state index contributed by atoms with van der Waals surface area (Å²) in [6.45, 7) is 6.92. The van der Waals surface area contributed by atoms with Crippen molar-refractivity contribution in [2.24, 2.45) is 0 Å². The molecule has 0 bridgehead atoms. The number of aromatic amines is 1. The van der Waals surface area contributed by atoms with E-state index in [1.807, 2.05) is 6.92 Å². The number of nitrogens with one attached hydrogen (secondary N) is 1.